The number of benzene rings is 2. The Balaban J connectivity index is 1.50. The Kier molecular flexibility index (Phi) is 15.7. The first-order chi connectivity index (χ1) is 18.0. The summed E-state index contributed by atoms with van der Waals surface area (Å²) in [6.07, 6.45) is 14.5. The lowest BCUT2D eigenvalue weighted by Gasteiger charge is -2.30. The van der Waals surface area contributed by atoms with Gasteiger partial charge in [0.05, 0.1) is 33.9 Å². The van der Waals surface area contributed by atoms with Crippen LogP contribution in [0.4, 0.5) is 0 Å². The number of aryl methyl sites for hydroxylation is 1. The van der Waals surface area contributed by atoms with E-state index in [-0.39, 0.29) is 5.97 Å². The van der Waals surface area contributed by atoms with Gasteiger partial charge < -0.3 is 14.0 Å². The number of carbonyl (C=O) groups is 1. The summed E-state index contributed by atoms with van der Waals surface area (Å²) in [4.78, 5) is 12.1. The molecule has 0 atom stereocenters. The van der Waals surface area contributed by atoms with Crippen molar-refractivity contribution in [1.82, 2.24) is 0 Å². The molecular formula is C33H52NO3+. The second-order valence-corrected chi connectivity index (χ2v) is 11.0. The number of hydrogen-bond donors (Lipinski definition) is 0. The number of nitrogens with zero attached hydrogens (tertiary/aromatic N) is 1. The maximum atomic E-state index is 12.1. The van der Waals surface area contributed by atoms with Crippen molar-refractivity contribution in [3.8, 4) is 5.75 Å². The van der Waals surface area contributed by atoms with Gasteiger partial charge >= 0.3 is 5.97 Å². The van der Waals surface area contributed by atoms with Gasteiger partial charge in [-0.3, -0.25) is 4.79 Å². The third-order valence-corrected chi connectivity index (χ3v) is 6.93. The lowest BCUT2D eigenvalue weighted by Crippen LogP contribution is -2.39. The zero-order valence-electron chi connectivity index (χ0n) is 23.9. The predicted octanol–water partition coefficient (Wildman–Crippen LogP) is 8.13. The Bertz CT molecular complexity index is 850. The third-order valence-electron chi connectivity index (χ3n) is 6.93. The Morgan fingerprint density at radius 1 is 0.730 bits per heavy atom. The molecule has 4 heteroatoms. The molecule has 2 aromatic rings. The minimum atomic E-state index is -0.0747. The second kappa shape index (κ2) is 18.8. The molecule has 0 heterocycles. The maximum Gasteiger partial charge on any atom is 0.305 e. The zero-order valence-corrected chi connectivity index (χ0v) is 23.9. The molecule has 0 unspecified atom stereocenters. The molecule has 0 radical (unpaired) electrons. The van der Waals surface area contributed by atoms with Crippen LogP contribution in [0.2, 0.25) is 0 Å². The Morgan fingerprint density at radius 2 is 1.41 bits per heavy atom. The Hall–Kier alpha value is -2.33. The van der Waals surface area contributed by atoms with E-state index in [0.717, 1.165) is 55.4 Å². The van der Waals surface area contributed by atoms with Gasteiger partial charge in [-0.2, -0.15) is 0 Å². The Labute approximate surface area is 227 Å². The van der Waals surface area contributed by atoms with Gasteiger partial charge in [0.25, 0.3) is 0 Å². The first-order valence-electron chi connectivity index (χ1n) is 14.7. The van der Waals surface area contributed by atoms with E-state index < -0.39 is 0 Å². The van der Waals surface area contributed by atoms with Crippen molar-refractivity contribution in [3.63, 3.8) is 0 Å². The Morgan fingerprint density at radius 3 is 2.19 bits per heavy atom. The molecule has 0 aliphatic rings. The van der Waals surface area contributed by atoms with E-state index in [9.17, 15) is 4.79 Å². The molecule has 0 fully saturated rings. The molecule has 0 aromatic heterocycles. The molecule has 0 saturated heterocycles. The lowest BCUT2D eigenvalue weighted by atomic mass is 10.0. The summed E-state index contributed by atoms with van der Waals surface area (Å²) in [5, 5.41) is 0. The van der Waals surface area contributed by atoms with Gasteiger partial charge in [-0.1, -0.05) is 94.0 Å². The van der Waals surface area contributed by atoms with Crippen LogP contribution in [0.25, 0.3) is 0 Å². The highest BCUT2D eigenvalue weighted by Gasteiger charge is 2.15. The molecule has 206 valence electrons. The minimum Gasteiger partial charge on any atom is -0.493 e. The van der Waals surface area contributed by atoms with E-state index in [1.807, 2.05) is 6.07 Å². The number of quaternary nitrogens is 1. The fraction of sp³-hybridized carbons (Fsp3) is 0.606. The van der Waals surface area contributed by atoms with E-state index >= 15 is 0 Å². The van der Waals surface area contributed by atoms with Gasteiger partial charge in [-0.15, -0.1) is 0 Å². The summed E-state index contributed by atoms with van der Waals surface area (Å²) >= 11 is 0. The highest BCUT2D eigenvalue weighted by atomic mass is 16.5. The first kappa shape index (κ1) is 30.9. The van der Waals surface area contributed by atoms with Crippen molar-refractivity contribution in [2.24, 2.45) is 0 Å². The van der Waals surface area contributed by atoms with E-state index in [0.29, 0.717) is 19.6 Å². The van der Waals surface area contributed by atoms with Crippen LogP contribution in [-0.4, -0.2) is 44.3 Å². The second-order valence-electron chi connectivity index (χ2n) is 11.0. The van der Waals surface area contributed by atoms with Crippen molar-refractivity contribution < 1.29 is 18.8 Å². The molecule has 0 N–H and O–H groups in total. The summed E-state index contributed by atoms with van der Waals surface area (Å²) < 4.78 is 12.4. The highest BCUT2D eigenvalue weighted by molar-refractivity contribution is 5.69. The van der Waals surface area contributed by atoms with Crippen LogP contribution in [0, 0.1) is 0 Å². The lowest BCUT2D eigenvalue weighted by molar-refractivity contribution is -0.903. The largest absolute Gasteiger partial charge is 0.493 e. The number of para-hydroxylation sites is 1. The summed E-state index contributed by atoms with van der Waals surface area (Å²) in [7, 11) is 4.50. The molecule has 0 amide bonds. The van der Waals surface area contributed by atoms with Gasteiger partial charge in [0, 0.05) is 12.0 Å². The average Bonchev–Trinajstić information content (AvgIpc) is 2.89. The molecule has 2 rings (SSSR count). The highest BCUT2D eigenvalue weighted by Crippen LogP contribution is 2.21. The SMILES string of the molecule is CCCCCCCCCc1ccccc1OCCCCOC(=O)CCCC[N+](C)(C)Cc1ccccc1. The van der Waals surface area contributed by atoms with Crippen LogP contribution in [0.15, 0.2) is 54.6 Å². The van der Waals surface area contributed by atoms with Crippen molar-refractivity contribution in [1.29, 1.82) is 0 Å². The third kappa shape index (κ3) is 14.9. The van der Waals surface area contributed by atoms with Crippen molar-refractivity contribution in [3.05, 3.63) is 65.7 Å². The van der Waals surface area contributed by atoms with Gasteiger partial charge in [0.15, 0.2) is 0 Å². The van der Waals surface area contributed by atoms with Crippen LogP contribution < -0.4 is 4.74 Å². The van der Waals surface area contributed by atoms with Gasteiger partial charge in [-0.05, 0) is 50.2 Å². The zero-order chi connectivity index (χ0) is 26.6. The van der Waals surface area contributed by atoms with Gasteiger partial charge in [0.2, 0.25) is 0 Å². The van der Waals surface area contributed by atoms with E-state index in [1.165, 1.54) is 56.1 Å². The van der Waals surface area contributed by atoms with E-state index in [1.54, 1.807) is 0 Å². The number of rotatable bonds is 21. The molecule has 0 aliphatic carbocycles. The molecule has 2 aromatic carbocycles. The molecule has 37 heavy (non-hydrogen) atoms. The normalized spacial score (nSPS) is 11.4. The molecule has 4 nitrogen and oxygen atoms in total. The summed E-state index contributed by atoms with van der Waals surface area (Å²) in [5.41, 5.74) is 2.67. The van der Waals surface area contributed by atoms with Gasteiger partial charge in [0.1, 0.15) is 12.3 Å². The molecule has 0 bridgehead atoms. The summed E-state index contributed by atoms with van der Waals surface area (Å²) in [5.74, 6) is 0.938. The number of esters is 1. The summed E-state index contributed by atoms with van der Waals surface area (Å²) in [6.45, 7) is 5.48. The summed E-state index contributed by atoms with van der Waals surface area (Å²) in [6, 6.07) is 19.0. The maximum absolute atomic E-state index is 12.1. The predicted molar refractivity (Wildman–Crippen MR) is 155 cm³/mol. The average molecular weight is 511 g/mol. The fourth-order valence-corrected chi connectivity index (χ4v) is 4.73. The first-order valence-corrected chi connectivity index (χ1v) is 14.7. The molecule has 0 saturated carbocycles. The minimum absolute atomic E-state index is 0.0747. The van der Waals surface area contributed by atoms with Crippen LogP contribution in [0.1, 0.15) is 95.1 Å². The number of unbranched alkanes of at least 4 members (excludes halogenated alkanes) is 8. The number of hydrogen-bond acceptors (Lipinski definition) is 3. The van der Waals surface area contributed by atoms with Crippen molar-refractivity contribution in [2.45, 2.75) is 96.9 Å². The van der Waals surface area contributed by atoms with Crippen LogP contribution in [-0.2, 0) is 22.5 Å². The van der Waals surface area contributed by atoms with E-state index in [4.69, 9.17) is 9.47 Å². The molecular weight excluding hydrogens is 458 g/mol. The van der Waals surface area contributed by atoms with Crippen molar-refractivity contribution >= 4 is 5.97 Å². The van der Waals surface area contributed by atoms with Crippen LogP contribution in [0.5, 0.6) is 5.75 Å². The van der Waals surface area contributed by atoms with Crippen LogP contribution >= 0.6 is 0 Å². The number of carbonyl (C=O) groups excluding carboxylic acids is 1. The standard InChI is InChI=1S/C33H52NO3/c1-4-5-6-7-8-9-13-22-31-23-14-15-24-32(31)36-27-18-19-28-37-33(35)25-16-17-26-34(2,3)29-30-20-11-10-12-21-30/h10-12,14-15,20-21,23-24H,4-9,13,16-19,22,25-29H2,1-3H3/q+1. The molecule has 0 aliphatic heterocycles. The number of ether oxygens (including phenoxy) is 2. The molecule has 0 spiro atoms. The fourth-order valence-electron chi connectivity index (χ4n) is 4.73. The van der Waals surface area contributed by atoms with Gasteiger partial charge in [-0.25, -0.2) is 0 Å². The monoisotopic (exact) mass is 510 g/mol. The topological polar surface area (TPSA) is 35.5 Å². The smallest absolute Gasteiger partial charge is 0.305 e. The van der Waals surface area contributed by atoms with Crippen LogP contribution in [0.3, 0.4) is 0 Å². The quantitative estimate of drug-likeness (QED) is 0.0966. The van der Waals surface area contributed by atoms with Crippen molar-refractivity contribution in [2.75, 3.05) is 33.9 Å². The van der Waals surface area contributed by atoms with E-state index in [2.05, 4.69) is 69.6 Å².